The second-order valence-electron chi connectivity index (χ2n) is 5.76. The first-order chi connectivity index (χ1) is 8.72. The van der Waals surface area contributed by atoms with E-state index >= 15 is 0 Å². The van der Waals surface area contributed by atoms with E-state index in [2.05, 4.69) is 31.2 Å². The first kappa shape index (κ1) is 16.2. The van der Waals surface area contributed by atoms with Crippen LogP contribution in [0, 0.1) is 0 Å². The van der Waals surface area contributed by atoms with Crippen LogP contribution in [-0.4, -0.2) is 35.2 Å². The monoisotopic (exact) mass is 287 g/mol. The second kappa shape index (κ2) is 6.52. The SMILES string of the molecule is CCS(=O)(=O)CCCn1ccc(CNC(C)(C)C)n1. The summed E-state index contributed by atoms with van der Waals surface area (Å²) in [5.41, 5.74) is 1.05. The molecule has 0 unspecified atom stereocenters. The maximum absolute atomic E-state index is 11.4. The van der Waals surface area contributed by atoms with Gasteiger partial charge >= 0.3 is 0 Å². The van der Waals surface area contributed by atoms with Gasteiger partial charge in [-0.1, -0.05) is 6.92 Å². The number of hydrogen-bond acceptors (Lipinski definition) is 4. The largest absolute Gasteiger partial charge is 0.306 e. The number of nitrogens with one attached hydrogen (secondary N) is 1. The lowest BCUT2D eigenvalue weighted by Gasteiger charge is -2.19. The summed E-state index contributed by atoms with van der Waals surface area (Å²) in [6.45, 7) is 9.39. The number of rotatable bonds is 7. The predicted octanol–water partition coefficient (Wildman–Crippen LogP) is 1.60. The molecule has 1 rings (SSSR count). The van der Waals surface area contributed by atoms with Crippen LogP contribution in [0.2, 0.25) is 0 Å². The highest BCUT2D eigenvalue weighted by Gasteiger charge is 2.10. The second-order valence-corrected chi connectivity index (χ2v) is 8.24. The number of sulfone groups is 1. The van der Waals surface area contributed by atoms with Gasteiger partial charge in [-0.15, -0.1) is 0 Å². The van der Waals surface area contributed by atoms with Crippen molar-refractivity contribution >= 4 is 9.84 Å². The van der Waals surface area contributed by atoms with Crippen molar-refractivity contribution in [2.45, 2.75) is 52.7 Å². The van der Waals surface area contributed by atoms with Crippen molar-refractivity contribution < 1.29 is 8.42 Å². The maximum atomic E-state index is 11.4. The summed E-state index contributed by atoms with van der Waals surface area (Å²) in [5, 5.41) is 7.79. The Balaban J connectivity index is 2.39. The van der Waals surface area contributed by atoms with Crippen molar-refractivity contribution in [3.8, 4) is 0 Å². The van der Waals surface area contributed by atoms with Crippen molar-refractivity contribution in [2.75, 3.05) is 11.5 Å². The molecule has 1 N–H and O–H groups in total. The summed E-state index contributed by atoms with van der Waals surface area (Å²) in [6.07, 6.45) is 2.52. The number of hydrogen-bond donors (Lipinski definition) is 1. The van der Waals surface area contributed by atoms with E-state index in [0.29, 0.717) is 13.0 Å². The minimum absolute atomic E-state index is 0.0684. The molecule has 19 heavy (non-hydrogen) atoms. The van der Waals surface area contributed by atoms with Gasteiger partial charge in [-0.2, -0.15) is 5.10 Å². The summed E-state index contributed by atoms with van der Waals surface area (Å²) in [6, 6.07) is 1.97. The van der Waals surface area contributed by atoms with Crippen LogP contribution in [0.5, 0.6) is 0 Å². The van der Waals surface area contributed by atoms with E-state index < -0.39 is 9.84 Å². The molecule has 6 heteroatoms. The zero-order valence-electron chi connectivity index (χ0n) is 12.3. The molecule has 0 saturated carbocycles. The molecule has 0 aliphatic carbocycles. The average molecular weight is 287 g/mol. The number of aryl methyl sites for hydroxylation is 1. The molecule has 0 saturated heterocycles. The molecule has 0 bridgehead atoms. The van der Waals surface area contributed by atoms with Crippen LogP contribution in [0.3, 0.4) is 0 Å². The van der Waals surface area contributed by atoms with Gasteiger partial charge in [-0.05, 0) is 33.3 Å². The molecule has 0 atom stereocenters. The van der Waals surface area contributed by atoms with E-state index in [-0.39, 0.29) is 17.0 Å². The third kappa shape index (κ3) is 6.73. The van der Waals surface area contributed by atoms with Gasteiger partial charge in [0, 0.05) is 30.6 Å². The molecule has 0 aliphatic rings. The van der Waals surface area contributed by atoms with Crippen LogP contribution >= 0.6 is 0 Å². The quantitative estimate of drug-likeness (QED) is 0.827. The average Bonchev–Trinajstić information content (AvgIpc) is 2.73. The number of aromatic nitrogens is 2. The highest BCUT2D eigenvalue weighted by molar-refractivity contribution is 7.91. The Bertz CT molecular complexity index is 486. The lowest BCUT2D eigenvalue weighted by molar-refractivity contribution is 0.419. The topological polar surface area (TPSA) is 64.0 Å². The Labute approximate surface area is 116 Å². The van der Waals surface area contributed by atoms with Crippen LogP contribution in [0.15, 0.2) is 12.3 Å². The molecule has 110 valence electrons. The molecular formula is C13H25N3O2S. The highest BCUT2D eigenvalue weighted by atomic mass is 32.2. The van der Waals surface area contributed by atoms with Crippen molar-refractivity contribution in [1.82, 2.24) is 15.1 Å². The smallest absolute Gasteiger partial charge is 0.150 e. The van der Waals surface area contributed by atoms with Gasteiger partial charge in [0.25, 0.3) is 0 Å². The Morgan fingerprint density at radius 3 is 2.63 bits per heavy atom. The van der Waals surface area contributed by atoms with E-state index in [1.165, 1.54) is 0 Å². The summed E-state index contributed by atoms with van der Waals surface area (Å²) in [4.78, 5) is 0. The molecule has 1 heterocycles. The predicted molar refractivity (Wildman–Crippen MR) is 77.8 cm³/mol. The van der Waals surface area contributed by atoms with Gasteiger partial charge < -0.3 is 5.32 Å². The lowest BCUT2D eigenvalue weighted by Crippen LogP contribution is -2.35. The molecule has 1 aromatic heterocycles. The molecule has 0 spiro atoms. The molecule has 0 radical (unpaired) electrons. The van der Waals surface area contributed by atoms with E-state index in [1.54, 1.807) is 6.92 Å². The minimum atomic E-state index is -2.87. The fourth-order valence-electron chi connectivity index (χ4n) is 1.57. The van der Waals surface area contributed by atoms with Gasteiger partial charge in [0.2, 0.25) is 0 Å². The first-order valence-electron chi connectivity index (χ1n) is 6.69. The summed E-state index contributed by atoms with van der Waals surface area (Å²) < 4.78 is 24.5. The van der Waals surface area contributed by atoms with Gasteiger partial charge in [-0.3, -0.25) is 4.68 Å². The Morgan fingerprint density at radius 2 is 2.05 bits per heavy atom. The number of nitrogens with zero attached hydrogens (tertiary/aromatic N) is 2. The minimum Gasteiger partial charge on any atom is -0.306 e. The van der Waals surface area contributed by atoms with Gasteiger partial charge in [0.15, 0.2) is 0 Å². The molecule has 0 amide bonds. The van der Waals surface area contributed by atoms with Crippen LogP contribution in [0.4, 0.5) is 0 Å². The summed E-state index contributed by atoms with van der Waals surface area (Å²) in [7, 11) is -2.87. The summed E-state index contributed by atoms with van der Waals surface area (Å²) in [5.74, 6) is 0.450. The van der Waals surface area contributed by atoms with E-state index in [1.807, 2.05) is 16.9 Å². The van der Waals surface area contributed by atoms with Gasteiger partial charge in [0.1, 0.15) is 9.84 Å². The van der Waals surface area contributed by atoms with Crippen molar-refractivity contribution in [1.29, 1.82) is 0 Å². The molecule has 0 fully saturated rings. The van der Waals surface area contributed by atoms with Gasteiger partial charge in [-0.25, -0.2) is 8.42 Å². The van der Waals surface area contributed by atoms with Crippen LogP contribution in [0.25, 0.3) is 0 Å². The fraction of sp³-hybridized carbons (Fsp3) is 0.769. The zero-order valence-corrected chi connectivity index (χ0v) is 13.1. The molecule has 0 aromatic carbocycles. The normalized spacial score (nSPS) is 12.8. The van der Waals surface area contributed by atoms with Crippen LogP contribution in [-0.2, 0) is 22.9 Å². The molecule has 5 nitrogen and oxygen atoms in total. The molecule has 1 aromatic rings. The highest BCUT2D eigenvalue weighted by Crippen LogP contribution is 2.03. The molecular weight excluding hydrogens is 262 g/mol. The Kier molecular flexibility index (Phi) is 5.55. The van der Waals surface area contributed by atoms with E-state index in [0.717, 1.165) is 12.2 Å². The van der Waals surface area contributed by atoms with Gasteiger partial charge in [0.05, 0.1) is 11.4 Å². The standard InChI is InChI=1S/C13H25N3O2S/c1-5-19(17,18)10-6-8-16-9-7-12(15-16)11-14-13(2,3)4/h7,9,14H,5-6,8,10-11H2,1-4H3. The summed E-state index contributed by atoms with van der Waals surface area (Å²) >= 11 is 0. The van der Waals surface area contributed by atoms with Crippen LogP contribution < -0.4 is 5.32 Å². The molecule has 0 aliphatic heterocycles. The third-order valence-corrected chi connectivity index (χ3v) is 4.57. The lowest BCUT2D eigenvalue weighted by atomic mass is 10.1. The third-order valence-electron chi connectivity index (χ3n) is 2.78. The maximum Gasteiger partial charge on any atom is 0.150 e. The fourth-order valence-corrected chi connectivity index (χ4v) is 2.43. The van der Waals surface area contributed by atoms with E-state index in [9.17, 15) is 8.42 Å². The van der Waals surface area contributed by atoms with E-state index in [4.69, 9.17) is 0 Å². The zero-order chi connectivity index (χ0) is 14.5. The van der Waals surface area contributed by atoms with Crippen molar-refractivity contribution in [2.24, 2.45) is 0 Å². The van der Waals surface area contributed by atoms with Crippen LogP contribution in [0.1, 0.15) is 39.8 Å². The Hall–Kier alpha value is -0.880. The first-order valence-corrected chi connectivity index (χ1v) is 8.52. The van der Waals surface area contributed by atoms with Crippen molar-refractivity contribution in [3.63, 3.8) is 0 Å². The Morgan fingerprint density at radius 1 is 1.37 bits per heavy atom. The van der Waals surface area contributed by atoms with Crippen molar-refractivity contribution in [3.05, 3.63) is 18.0 Å².